The van der Waals surface area contributed by atoms with E-state index < -0.39 is 23.9 Å². The molecule has 0 spiro atoms. The molecule has 4 aromatic carbocycles. The van der Waals surface area contributed by atoms with Crippen molar-refractivity contribution in [2.75, 3.05) is 0 Å². The number of rotatable bonds is 34. The van der Waals surface area contributed by atoms with Crippen molar-refractivity contribution in [3.8, 4) is 0 Å². The first-order valence-electron chi connectivity index (χ1n) is 25.9. The normalized spacial score (nSPS) is 9.97. The maximum absolute atomic E-state index is 10.7. The Morgan fingerprint density at radius 2 is 0.529 bits per heavy atom. The van der Waals surface area contributed by atoms with Gasteiger partial charge in [0.1, 0.15) is 0 Å². The van der Waals surface area contributed by atoms with Crippen LogP contribution in [0.1, 0.15) is 240 Å². The van der Waals surface area contributed by atoms with E-state index in [1.54, 1.807) is 36.4 Å². The molecule has 0 aliphatic carbocycles. The molecule has 0 unspecified atom stereocenters. The largest absolute Gasteiger partial charge is 4.00 e. The third-order valence-electron chi connectivity index (χ3n) is 12.0. The van der Waals surface area contributed by atoms with E-state index in [-0.39, 0.29) is 78.4 Å². The van der Waals surface area contributed by atoms with Gasteiger partial charge in [-0.1, -0.05) is 279 Å². The molecule has 0 aliphatic heterocycles. The molecule has 0 amide bonds. The van der Waals surface area contributed by atoms with Crippen LogP contribution in [0, 0.1) is 0 Å². The number of fused-ring (bicyclic) bond motifs is 2. The molecule has 0 aromatic heterocycles. The zero-order valence-corrected chi connectivity index (χ0v) is 45.9. The molecule has 0 radical (unpaired) electrons. The molecule has 0 aliphatic rings. The molecular weight excluding hydrogens is 952 g/mol. The Labute approximate surface area is 452 Å². The SMILES string of the molecule is CCCCCCCCCCCCCCCCCC(=O)[O-].CCCCCCCCCCCCCCCCCC(=O)[O-].O=C([O-])c1cccc2ccccc12.O=C([O-])c1cccc2ccccc12.[O-2].[O-2].[Ti+4].[Ti+4]. The maximum Gasteiger partial charge on any atom is 4.00 e. The monoisotopic (exact) mass is 1040 g/mol. The molecule has 0 saturated heterocycles. The Bertz CT molecular complexity index is 1710. The minimum atomic E-state index is -1.13. The third-order valence-corrected chi connectivity index (χ3v) is 12.0. The Hall–Kier alpha value is -3.37. The molecule has 0 bridgehead atoms. The fraction of sp³-hybridized carbons (Fsp3) is 0.586. The van der Waals surface area contributed by atoms with Gasteiger partial charge in [-0.05, 0) is 47.2 Å². The van der Waals surface area contributed by atoms with Gasteiger partial charge in [0.2, 0.25) is 0 Å². The summed E-state index contributed by atoms with van der Waals surface area (Å²) in [5, 5.41) is 45.1. The Morgan fingerprint density at radius 3 is 0.757 bits per heavy atom. The van der Waals surface area contributed by atoms with Crippen molar-refractivity contribution in [1.82, 2.24) is 0 Å². The molecule has 4 aromatic rings. The van der Waals surface area contributed by atoms with Crippen LogP contribution in [0.25, 0.3) is 21.5 Å². The summed E-state index contributed by atoms with van der Waals surface area (Å²) in [6.45, 7) is 4.53. The molecule has 10 nitrogen and oxygen atoms in total. The number of carbonyl (C=O) groups is 4. The molecule has 0 N–H and O–H groups in total. The average Bonchev–Trinajstić information content (AvgIpc) is 3.31. The van der Waals surface area contributed by atoms with E-state index >= 15 is 0 Å². The molecule has 0 atom stereocenters. The first-order chi connectivity index (χ1) is 32.1. The van der Waals surface area contributed by atoms with Crippen LogP contribution in [0.2, 0.25) is 0 Å². The van der Waals surface area contributed by atoms with Crippen molar-refractivity contribution in [3.05, 3.63) is 96.1 Å². The predicted octanol–water partition coefficient (Wildman–Crippen LogP) is 12.2. The first kappa shape index (κ1) is 73.2. The standard InChI is InChI=1S/2C18H36O2.2C11H8O2.2O.2Ti/c2*1-2-3-4-5-6-7-8-9-10-11-12-13-14-15-16-17-18(19)20;2*12-11(13)10-7-3-5-8-4-1-2-6-9(8)10;;;;/h2*2-17H2,1H3,(H,19,20);2*1-7H,(H,12,13);;;;/q;;;;2*-2;2*+4/p-4. The zero-order chi connectivity index (χ0) is 48.3. The number of carboxylic acids is 4. The van der Waals surface area contributed by atoms with Crippen molar-refractivity contribution >= 4 is 45.4 Å². The summed E-state index contributed by atoms with van der Waals surface area (Å²) in [6.07, 6.45) is 39.7. The Morgan fingerprint density at radius 1 is 0.314 bits per heavy atom. The molecule has 70 heavy (non-hydrogen) atoms. The average molecular weight is 1040 g/mol. The van der Waals surface area contributed by atoms with Crippen molar-refractivity contribution in [2.24, 2.45) is 0 Å². The van der Waals surface area contributed by atoms with Crippen LogP contribution in [-0.4, -0.2) is 23.9 Å². The van der Waals surface area contributed by atoms with Crippen molar-refractivity contribution in [2.45, 2.75) is 219 Å². The molecule has 0 fully saturated rings. The van der Waals surface area contributed by atoms with Gasteiger partial charge in [-0.15, -0.1) is 0 Å². The second-order valence-corrected chi connectivity index (χ2v) is 17.8. The number of unbranched alkanes of at least 4 members (excludes halogenated alkanes) is 28. The predicted molar refractivity (Wildman–Crippen MR) is 267 cm³/mol. The summed E-state index contributed by atoms with van der Waals surface area (Å²) < 4.78 is 0. The summed E-state index contributed by atoms with van der Waals surface area (Å²) in [5.74, 6) is -4.06. The number of aromatic carboxylic acids is 2. The van der Waals surface area contributed by atoms with Gasteiger partial charge in [-0.3, -0.25) is 0 Å². The third kappa shape index (κ3) is 40.2. The van der Waals surface area contributed by atoms with E-state index in [4.69, 9.17) is 0 Å². The van der Waals surface area contributed by atoms with Crippen LogP contribution < -0.4 is 20.4 Å². The fourth-order valence-corrected chi connectivity index (χ4v) is 8.09. The molecule has 4 rings (SSSR count). The van der Waals surface area contributed by atoms with Crippen molar-refractivity contribution in [1.29, 1.82) is 0 Å². The fourth-order valence-electron chi connectivity index (χ4n) is 8.09. The number of carboxylic acid groups (broad SMARTS) is 4. The summed E-state index contributed by atoms with van der Waals surface area (Å²) in [4.78, 5) is 41.9. The van der Waals surface area contributed by atoms with Crippen molar-refractivity contribution < 1.29 is 94.0 Å². The number of carbonyl (C=O) groups excluding carboxylic acids is 4. The van der Waals surface area contributed by atoms with E-state index in [2.05, 4.69) is 13.8 Å². The number of benzene rings is 4. The number of aliphatic carboxylic acids is 2. The van der Waals surface area contributed by atoms with Crippen molar-refractivity contribution in [3.63, 3.8) is 0 Å². The quantitative estimate of drug-likeness (QED) is 0.0323. The van der Waals surface area contributed by atoms with Gasteiger partial charge in [0, 0.05) is 23.1 Å². The van der Waals surface area contributed by atoms with E-state index in [9.17, 15) is 39.6 Å². The summed E-state index contributed by atoms with van der Waals surface area (Å²) in [5.41, 5.74) is 0.496. The van der Waals surface area contributed by atoms with Gasteiger partial charge in [0.25, 0.3) is 0 Å². The van der Waals surface area contributed by atoms with E-state index in [0.717, 1.165) is 47.2 Å². The minimum absolute atomic E-state index is 0. The minimum Gasteiger partial charge on any atom is -2.00 e. The van der Waals surface area contributed by atoms with Gasteiger partial charge in [0.15, 0.2) is 0 Å². The van der Waals surface area contributed by atoms with E-state index in [1.165, 1.54) is 167 Å². The van der Waals surface area contributed by atoms with E-state index in [0.29, 0.717) is 0 Å². The number of hydrogen-bond acceptors (Lipinski definition) is 8. The van der Waals surface area contributed by atoms with Gasteiger partial charge in [-0.2, -0.15) is 0 Å². The van der Waals surface area contributed by atoms with Crippen LogP contribution >= 0.6 is 0 Å². The van der Waals surface area contributed by atoms with Gasteiger partial charge in [0.05, 0.1) is 11.9 Å². The summed E-state index contributed by atoms with van der Waals surface area (Å²) >= 11 is 0. The molecule has 384 valence electrons. The molecule has 0 heterocycles. The van der Waals surface area contributed by atoms with Crippen LogP contribution in [0.15, 0.2) is 84.9 Å². The molecule has 0 saturated carbocycles. The van der Waals surface area contributed by atoms with Crippen LogP contribution in [0.4, 0.5) is 0 Å². The number of hydrogen-bond donors (Lipinski definition) is 0. The van der Waals surface area contributed by atoms with Crippen LogP contribution in [0.5, 0.6) is 0 Å². The van der Waals surface area contributed by atoms with Crippen LogP contribution in [0.3, 0.4) is 0 Å². The maximum atomic E-state index is 10.7. The Kier molecular flexibility index (Phi) is 54.3. The smallest absolute Gasteiger partial charge is 2.00 e. The zero-order valence-electron chi connectivity index (χ0n) is 42.8. The van der Waals surface area contributed by atoms with Gasteiger partial charge in [-0.25, -0.2) is 0 Å². The summed E-state index contributed by atoms with van der Waals surface area (Å²) in [6, 6.07) is 25.0. The molecular formula is C58H84O10Ti2. The summed E-state index contributed by atoms with van der Waals surface area (Å²) in [7, 11) is 0. The van der Waals surface area contributed by atoms with E-state index in [1.807, 2.05) is 48.5 Å². The Balaban J connectivity index is -0.000000413. The van der Waals surface area contributed by atoms with Crippen LogP contribution in [-0.2, 0) is 64.0 Å². The second kappa shape index (κ2) is 52.0. The topological polar surface area (TPSA) is 218 Å². The van der Waals surface area contributed by atoms with Gasteiger partial charge >= 0.3 is 43.4 Å². The molecule has 12 heteroatoms. The van der Waals surface area contributed by atoms with Gasteiger partial charge < -0.3 is 50.6 Å². The second-order valence-electron chi connectivity index (χ2n) is 17.8. The first-order valence-corrected chi connectivity index (χ1v) is 25.9.